The van der Waals surface area contributed by atoms with Gasteiger partial charge in [0.25, 0.3) is 5.91 Å². The van der Waals surface area contributed by atoms with E-state index >= 15 is 0 Å². The van der Waals surface area contributed by atoms with Crippen LogP contribution in [0.5, 0.6) is 11.5 Å². The van der Waals surface area contributed by atoms with Crippen molar-refractivity contribution in [2.75, 3.05) is 12.5 Å². The van der Waals surface area contributed by atoms with Crippen molar-refractivity contribution in [2.45, 2.75) is 24.8 Å². The van der Waals surface area contributed by atoms with Gasteiger partial charge in [-0.05, 0) is 18.6 Å². The molecule has 0 bridgehead atoms. The summed E-state index contributed by atoms with van der Waals surface area (Å²) < 4.78 is 14.1. The van der Waals surface area contributed by atoms with Crippen molar-refractivity contribution >= 4 is 39.2 Å². The molecule has 2 aromatic carbocycles. The Morgan fingerprint density at radius 1 is 1.23 bits per heavy atom. The second-order valence-corrected chi connectivity index (χ2v) is 7.87. The van der Waals surface area contributed by atoms with Crippen LogP contribution in [0.2, 0.25) is 0 Å². The molecule has 26 heavy (non-hydrogen) atoms. The zero-order valence-electron chi connectivity index (χ0n) is 14.3. The molecule has 0 N–H and O–H groups in total. The van der Waals surface area contributed by atoms with Crippen molar-refractivity contribution in [3.63, 3.8) is 0 Å². The maximum atomic E-state index is 12.4. The number of aryl methyl sites for hydroxylation is 1. The zero-order valence-corrected chi connectivity index (χ0v) is 15.9. The third-order valence-corrected chi connectivity index (χ3v) is 5.99. The maximum Gasteiger partial charge on any atom is 0.258 e. The Kier molecular flexibility index (Phi) is 4.99. The van der Waals surface area contributed by atoms with Gasteiger partial charge in [-0.2, -0.15) is 4.99 Å². The van der Waals surface area contributed by atoms with Gasteiger partial charge < -0.3 is 14.0 Å². The quantitative estimate of drug-likeness (QED) is 0.621. The first-order chi connectivity index (χ1) is 12.7. The molecule has 3 aromatic rings. The van der Waals surface area contributed by atoms with Crippen LogP contribution in [0, 0.1) is 0 Å². The third kappa shape index (κ3) is 3.50. The highest BCUT2D eigenvalue weighted by Crippen LogP contribution is 2.37. The van der Waals surface area contributed by atoms with Gasteiger partial charge in [-0.1, -0.05) is 36.5 Å². The lowest BCUT2D eigenvalue weighted by Crippen LogP contribution is -2.17. The Balaban J connectivity index is 1.65. The molecule has 1 aromatic heterocycles. The van der Waals surface area contributed by atoms with E-state index in [4.69, 9.17) is 9.47 Å². The van der Waals surface area contributed by atoms with E-state index in [9.17, 15) is 4.79 Å². The van der Waals surface area contributed by atoms with E-state index in [1.807, 2.05) is 42.5 Å². The maximum absolute atomic E-state index is 12.4. The second-order valence-electron chi connectivity index (χ2n) is 5.82. The summed E-state index contributed by atoms with van der Waals surface area (Å²) in [5.41, 5.74) is 1.03. The number of hydrogen-bond donors (Lipinski definition) is 0. The van der Waals surface area contributed by atoms with E-state index in [-0.39, 0.29) is 12.7 Å². The van der Waals surface area contributed by atoms with Gasteiger partial charge >= 0.3 is 0 Å². The molecule has 0 radical (unpaired) electrons. The molecule has 0 atom stereocenters. The van der Waals surface area contributed by atoms with Crippen molar-refractivity contribution in [1.29, 1.82) is 0 Å². The Morgan fingerprint density at radius 2 is 2.00 bits per heavy atom. The number of hydrogen-bond acceptors (Lipinski definition) is 5. The van der Waals surface area contributed by atoms with Crippen LogP contribution >= 0.6 is 23.1 Å². The topological polar surface area (TPSA) is 52.8 Å². The van der Waals surface area contributed by atoms with Gasteiger partial charge in [0.15, 0.2) is 16.3 Å². The summed E-state index contributed by atoms with van der Waals surface area (Å²) in [6, 6.07) is 13.8. The van der Waals surface area contributed by atoms with Crippen molar-refractivity contribution in [3.8, 4) is 11.5 Å². The van der Waals surface area contributed by atoms with Gasteiger partial charge in [-0.3, -0.25) is 4.79 Å². The number of thiazole rings is 1. The average molecular weight is 386 g/mol. The van der Waals surface area contributed by atoms with Crippen LogP contribution in [0.3, 0.4) is 0 Å². The van der Waals surface area contributed by atoms with E-state index < -0.39 is 0 Å². The van der Waals surface area contributed by atoms with Crippen molar-refractivity contribution in [2.24, 2.45) is 4.99 Å². The highest BCUT2D eigenvalue weighted by atomic mass is 32.2. The number of fused-ring (bicyclic) bond motifs is 2. The molecule has 0 saturated carbocycles. The molecule has 0 unspecified atom stereocenters. The lowest BCUT2D eigenvalue weighted by Gasteiger charge is -2.03. The van der Waals surface area contributed by atoms with Crippen LogP contribution in [0.4, 0.5) is 0 Å². The molecule has 2 heterocycles. The van der Waals surface area contributed by atoms with Crippen LogP contribution in [0.1, 0.15) is 13.3 Å². The van der Waals surface area contributed by atoms with Crippen LogP contribution < -0.4 is 14.3 Å². The van der Waals surface area contributed by atoms with Gasteiger partial charge in [0.1, 0.15) is 0 Å². The summed E-state index contributed by atoms with van der Waals surface area (Å²) in [6.07, 6.45) is 0.959. The number of amides is 1. The lowest BCUT2D eigenvalue weighted by atomic mass is 10.3. The molecule has 1 aliphatic heterocycles. The predicted molar refractivity (Wildman–Crippen MR) is 104 cm³/mol. The molecule has 7 heteroatoms. The SMILES string of the molecule is CCCn1c(=NC(=O)CSc2ccccc2)sc2cc3c(cc21)OCO3. The van der Waals surface area contributed by atoms with Gasteiger partial charge in [-0.25, -0.2) is 0 Å². The fourth-order valence-corrected chi connectivity index (χ4v) is 4.57. The monoisotopic (exact) mass is 386 g/mol. The van der Waals surface area contributed by atoms with E-state index in [1.165, 1.54) is 23.1 Å². The summed E-state index contributed by atoms with van der Waals surface area (Å²) in [4.78, 5) is 18.5. The molecule has 0 aliphatic carbocycles. The van der Waals surface area contributed by atoms with Gasteiger partial charge in [-0.15, -0.1) is 11.8 Å². The number of ether oxygens (including phenoxy) is 2. The van der Waals surface area contributed by atoms with E-state index in [1.54, 1.807) is 0 Å². The van der Waals surface area contributed by atoms with Crippen LogP contribution in [-0.2, 0) is 11.3 Å². The first kappa shape index (κ1) is 17.2. The summed E-state index contributed by atoms with van der Waals surface area (Å²) in [6.45, 7) is 3.17. The van der Waals surface area contributed by atoms with Gasteiger partial charge in [0.05, 0.1) is 16.0 Å². The largest absolute Gasteiger partial charge is 0.454 e. The molecule has 0 spiro atoms. The number of carbonyl (C=O) groups excluding carboxylic acids is 1. The number of nitrogens with zero attached hydrogens (tertiary/aromatic N) is 2. The zero-order chi connectivity index (χ0) is 17.9. The minimum atomic E-state index is -0.129. The molecule has 0 saturated heterocycles. The van der Waals surface area contributed by atoms with Crippen LogP contribution in [0.25, 0.3) is 10.2 Å². The number of rotatable bonds is 5. The van der Waals surface area contributed by atoms with Crippen molar-refractivity contribution < 1.29 is 14.3 Å². The van der Waals surface area contributed by atoms with E-state index in [0.29, 0.717) is 5.75 Å². The number of carbonyl (C=O) groups is 1. The first-order valence-corrected chi connectivity index (χ1v) is 10.2. The average Bonchev–Trinajstić information content (AvgIpc) is 3.24. The highest BCUT2D eigenvalue weighted by Gasteiger charge is 2.17. The third-order valence-electron chi connectivity index (χ3n) is 3.95. The van der Waals surface area contributed by atoms with Crippen LogP contribution in [-0.4, -0.2) is 23.0 Å². The number of aromatic nitrogens is 1. The minimum absolute atomic E-state index is 0.129. The van der Waals surface area contributed by atoms with Crippen LogP contribution in [0.15, 0.2) is 52.4 Å². The summed E-state index contributed by atoms with van der Waals surface area (Å²) in [7, 11) is 0. The molecule has 0 fully saturated rings. The first-order valence-electron chi connectivity index (χ1n) is 8.43. The number of benzene rings is 2. The van der Waals surface area contributed by atoms with Crippen molar-refractivity contribution in [1.82, 2.24) is 4.57 Å². The molecule has 4 rings (SSSR count). The fraction of sp³-hybridized carbons (Fsp3) is 0.263. The van der Waals surface area contributed by atoms with Gasteiger partial charge in [0, 0.05) is 23.6 Å². The normalized spacial score (nSPS) is 13.5. The summed E-state index contributed by atoms with van der Waals surface area (Å²) in [5.74, 6) is 1.69. The summed E-state index contributed by atoms with van der Waals surface area (Å²) >= 11 is 3.01. The smallest absolute Gasteiger partial charge is 0.258 e. The van der Waals surface area contributed by atoms with Gasteiger partial charge in [0.2, 0.25) is 6.79 Å². The molecule has 1 amide bonds. The predicted octanol–water partition coefficient (Wildman–Crippen LogP) is 4.06. The minimum Gasteiger partial charge on any atom is -0.454 e. The highest BCUT2D eigenvalue weighted by molar-refractivity contribution is 8.00. The molecular weight excluding hydrogens is 368 g/mol. The second kappa shape index (κ2) is 7.55. The fourth-order valence-electron chi connectivity index (χ4n) is 2.79. The lowest BCUT2D eigenvalue weighted by molar-refractivity contribution is -0.115. The molecule has 134 valence electrons. The molecule has 5 nitrogen and oxygen atoms in total. The van der Waals surface area contributed by atoms with E-state index in [2.05, 4.69) is 16.5 Å². The summed E-state index contributed by atoms with van der Waals surface area (Å²) in [5, 5.41) is 0. The Labute approximate surface area is 159 Å². The Bertz CT molecular complexity index is 1010. The van der Waals surface area contributed by atoms with E-state index in [0.717, 1.165) is 44.4 Å². The Morgan fingerprint density at radius 3 is 2.77 bits per heavy atom. The molecular formula is C19H18N2O3S2. The standard InChI is InChI=1S/C19H18N2O3S2/c1-2-8-21-14-9-15-16(24-12-23-15)10-17(14)26-19(21)20-18(22)11-25-13-6-4-3-5-7-13/h3-7,9-10H,2,8,11-12H2,1H3. The number of thioether (sulfide) groups is 1. The molecule has 1 aliphatic rings. The van der Waals surface area contributed by atoms with Crippen molar-refractivity contribution in [3.05, 3.63) is 47.3 Å². The Hall–Kier alpha value is -2.25.